The number of para-hydroxylation sites is 2. The Morgan fingerprint density at radius 1 is 1.00 bits per heavy atom. The second-order valence-electron chi connectivity index (χ2n) is 7.63. The minimum Gasteiger partial charge on any atom is -0.483 e. The maximum absolute atomic E-state index is 14.6. The van der Waals surface area contributed by atoms with E-state index in [1.165, 1.54) is 24.3 Å². The standard InChI is InChI=1S/C26H22F2N4O3/c1-17-29-12-13-32(17)23-11-10-18(14-21(23)28)15-30-26(34)19-6-2-5-9-24(19)35-16-25(33)31-22-8-4-3-7-20(22)27/h2-14H,15-16H2,1H3,(H,30,34)(H,31,33). The molecule has 0 aliphatic heterocycles. The molecule has 0 atom stereocenters. The van der Waals surface area contributed by atoms with Gasteiger partial charge in [0.15, 0.2) is 6.61 Å². The third-order valence-corrected chi connectivity index (χ3v) is 5.19. The van der Waals surface area contributed by atoms with Gasteiger partial charge >= 0.3 is 0 Å². The minimum absolute atomic E-state index is 0.0357. The van der Waals surface area contributed by atoms with E-state index in [1.807, 2.05) is 0 Å². The van der Waals surface area contributed by atoms with E-state index in [0.29, 0.717) is 17.1 Å². The SMILES string of the molecule is Cc1nccn1-c1ccc(CNC(=O)c2ccccc2OCC(=O)Nc2ccccc2F)cc1F. The van der Waals surface area contributed by atoms with Gasteiger partial charge in [0, 0.05) is 18.9 Å². The number of rotatable bonds is 8. The third kappa shape index (κ3) is 5.70. The van der Waals surface area contributed by atoms with Crippen LogP contribution in [0.2, 0.25) is 0 Å². The monoisotopic (exact) mass is 476 g/mol. The fourth-order valence-electron chi connectivity index (χ4n) is 3.44. The highest BCUT2D eigenvalue weighted by Crippen LogP contribution is 2.20. The van der Waals surface area contributed by atoms with E-state index in [9.17, 15) is 18.4 Å². The number of halogens is 2. The zero-order valence-electron chi connectivity index (χ0n) is 18.8. The van der Waals surface area contributed by atoms with Crippen molar-refractivity contribution in [2.75, 3.05) is 11.9 Å². The van der Waals surface area contributed by atoms with Gasteiger partial charge in [0.1, 0.15) is 23.2 Å². The molecular weight excluding hydrogens is 454 g/mol. The molecule has 0 saturated carbocycles. The van der Waals surface area contributed by atoms with Crippen molar-refractivity contribution >= 4 is 17.5 Å². The van der Waals surface area contributed by atoms with Crippen molar-refractivity contribution in [1.29, 1.82) is 0 Å². The highest BCUT2D eigenvalue weighted by Gasteiger charge is 2.15. The van der Waals surface area contributed by atoms with Gasteiger partial charge in [0.25, 0.3) is 11.8 Å². The summed E-state index contributed by atoms with van der Waals surface area (Å²) < 4.78 is 35.5. The van der Waals surface area contributed by atoms with Gasteiger partial charge in [-0.3, -0.25) is 9.59 Å². The predicted molar refractivity (Wildman–Crippen MR) is 126 cm³/mol. The molecule has 0 saturated heterocycles. The number of carbonyl (C=O) groups excluding carboxylic acids is 2. The normalized spacial score (nSPS) is 10.6. The maximum atomic E-state index is 14.6. The van der Waals surface area contributed by atoms with Crippen LogP contribution in [0, 0.1) is 18.6 Å². The highest BCUT2D eigenvalue weighted by atomic mass is 19.1. The van der Waals surface area contributed by atoms with Gasteiger partial charge < -0.3 is 19.9 Å². The number of carbonyl (C=O) groups is 2. The smallest absolute Gasteiger partial charge is 0.262 e. The summed E-state index contributed by atoms with van der Waals surface area (Å²) in [6, 6.07) is 16.9. The van der Waals surface area contributed by atoms with Gasteiger partial charge in [-0.15, -0.1) is 0 Å². The fraction of sp³-hybridized carbons (Fsp3) is 0.115. The summed E-state index contributed by atoms with van der Waals surface area (Å²) in [5.41, 5.74) is 1.17. The van der Waals surface area contributed by atoms with Crippen molar-refractivity contribution in [3.05, 3.63) is 108 Å². The number of hydrogen-bond acceptors (Lipinski definition) is 4. The van der Waals surface area contributed by atoms with Crippen LogP contribution in [0.15, 0.2) is 79.1 Å². The molecule has 1 aromatic heterocycles. The summed E-state index contributed by atoms with van der Waals surface area (Å²) >= 11 is 0. The molecule has 4 aromatic rings. The molecule has 3 aromatic carbocycles. The van der Waals surface area contributed by atoms with Crippen LogP contribution in [0.1, 0.15) is 21.7 Å². The first kappa shape index (κ1) is 23.6. The number of anilines is 1. The Hall–Kier alpha value is -4.53. The van der Waals surface area contributed by atoms with Crippen LogP contribution >= 0.6 is 0 Å². The quantitative estimate of drug-likeness (QED) is 0.395. The second kappa shape index (κ2) is 10.6. The Labute approximate surface area is 200 Å². The number of aromatic nitrogens is 2. The average Bonchev–Trinajstić information content (AvgIpc) is 3.28. The first-order chi connectivity index (χ1) is 16.9. The Morgan fingerprint density at radius 2 is 1.77 bits per heavy atom. The maximum Gasteiger partial charge on any atom is 0.262 e. The van der Waals surface area contributed by atoms with E-state index in [2.05, 4.69) is 15.6 Å². The van der Waals surface area contributed by atoms with Crippen molar-refractivity contribution in [2.45, 2.75) is 13.5 Å². The Kier molecular flexibility index (Phi) is 7.15. The number of amides is 2. The summed E-state index contributed by atoms with van der Waals surface area (Å²) in [6.07, 6.45) is 3.26. The molecule has 0 spiro atoms. The summed E-state index contributed by atoms with van der Waals surface area (Å²) in [5.74, 6) is -1.19. The van der Waals surface area contributed by atoms with Crippen LogP contribution in [0.5, 0.6) is 5.75 Å². The fourth-order valence-corrected chi connectivity index (χ4v) is 3.44. The van der Waals surface area contributed by atoms with Gasteiger partial charge in [-0.25, -0.2) is 13.8 Å². The van der Waals surface area contributed by atoms with Gasteiger partial charge in [-0.05, 0) is 48.9 Å². The molecule has 0 aliphatic carbocycles. The van der Waals surface area contributed by atoms with Crippen LogP contribution in [-0.2, 0) is 11.3 Å². The molecule has 178 valence electrons. The first-order valence-electron chi connectivity index (χ1n) is 10.8. The predicted octanol–water partition coefficient (Wildman–Crippen LogP) is 4.41. The molecule has 4 rings (SSSR count). The van der Waals surface area contributed by atoms with E-state index < -0.39 is 30.1 Å². The summed E-state index contributed by atoms with van der Waals surface area (Å²) in [6.45, 7) is 1.44. The molecule has 0 bridgehead atoms. The average molecular weight is 476 g/mol. The van der Waals surface area contributed by atoms with Crippen molar-refractivity contribution in [3.8, 4) is 11.4 Å². The van der Waals surface area contributed by atoms with Crippen molar-refractivity contribution in [2.24, 2.45) is 0 Å². The van der Waals surface area contributed by atoms with Crippen LogP contribution in [0.3, 0.4) is 0 Å². The van der Waals surface area contributed by atoms with Gasteiger partial charge in [0.05, 0.1) is 16.9 Å². The number of hydrogen-bond donors (Lipinski definition) is 2. The van der Waals surface area contributed by atoms with E-state index >= 15 is 0 Å². The molecule has 0 radical (unpaired) electrons. The van der Waals surface area contributed by atoms with Crippen LogP contribution in [0.25, 0.3) is 5.69 Å². The van der Waals surface area contributed by atoms with E-state index in [0.717, 1.165) is 0 Å². The van der Waals surface area contributed by atoms with Crippen molar-refractivity contribution in [3.63, 3.8) is 0 Å². The molecule has 2 N–H and O–H groups in total. The molecule has 0 aliphatic rings. The Bertz CT molecular complexity index is 1370. The van der Waals surface area contributed by atoms with Crippen LogP contribution < -0.4 is 15.4 Å². The Morgan fingerprint density at radius 3 is 2.51 bits per heavy atom. The number of nitrogens with zero attached hydrogens (tertiary/aromatic N) is 2. The molecule has 0 fully saturated rings. The molecule has 2 amide bonds. The number of ether oxygens (including phenoxy) is 1. The zero-order chi connectivity index (χ0) is 24.8. The number of benzene rings is 3. The number of aryl methyl sites for hydroxylation is 1. The molecule has 9 heteroatoms. The lowest BCUT2D eigenvalue weighted by Crippen LogP contribution is -2.25. The highest BCUT2D eigenvalue weighted by molar-refractivity contribution is 5.97. The van der Waals surface area contributed by atoms with Gasteiger partial charge in [-0.1, -0.05) is 30.3 Å². The molecule has 1 heterocycles. The Balaban J connectivity index is 1.37. The van der Waals surface area contributed by atoms with Crippen LogP contribution in [-0.4, -0.2) is 28.0 Å². The van der Waals surface area contributed by atoms with Crippen LogP contribution in [0.4, 0.5) is 14.5 Å². The van der Waals surface area contributed by atoms with Gasteiger partial charge in [0.2, 0.25) is 0 Å². The number of nitrogens with one attached hydrogen (secondary N) is 2. The van der Waals surface area contributed by atoms with Gasteiger partial charge in [-0.2, -0.15) is 0 Å². The summed E-state index contributed by atoms with van der Waals surface area (Å²) in [7, 11) is 0. The van der Waals surface area contributed by atoms with Crippen molar-refractivity contribution < 1.29 is 23.1 Å². The van der Waals surface area contributed by atoms with Crippen molar-refractivity contribution in [1.82, 2.24) is 14.9 Å². The molecule has 7 nitrogen and oxygen atoms in total. The van der Waals surface area contributed by atoms with E-state index in [-0.39, 0.29) is 23.5 Å². The lowest BCUT2D eigenvalue weighted by atomic mass is 10.1. The third-order valence-electron chi connectivity index (χ3n) is 5.19. The molecule has 35 heavy (non-hydrogen) atoms. The summed E-state index contributed by atoms with van der Waals surface area (Å²) in [4.78, 5) is 29.0. The first-order valence-corrected chi connectivity index (χ1v) is 10.8. The topological polar surface area (TPSA) is 85.2 Å². The minimum atomic E-state index is -0.575. The lowest BCUT2D eigenvalue weighted by Gasteiger charge is -2.13. The summed E-state index contributed by atoms with van der Waals surface area (Å²) in [5, 5.41) is 5.15. The molecular formula is C26H22F2N4O3. The zero-order valence-corrected chi connectivity index (χ0v) is 18.8. The largest absolute Gasteiger partial charge is 0.483 e. The van der Waals surface area contributed by atoms with E-state index in [1.54, 1.807) is 66.3 Å². The lowest BCUT2D eigenvalue weighted by molar-refractivity contribution is -0.118. The molecule has 0 unspecified atom stereocenters. The van der Waals surface area contributed by atoms with E-state index in [4.69, 9.17) is 4.74 Å². The second-order valence-corrected chi connectivity index (χ2v) is 7.63. The number of imidazole rings is 1.